The van der Waals surface area contributed by atoms with Gasteiger partial charge < -0.3 is 26.2 Å². The van der Waals surface area contributed by atoms with Crippen molar-refractivity contribution in [3.8, 4) is 0 Å². The summed E-state index contributed by atoms with van der Waals surface area (Å²) in [6.07, 6.45) is -0.724. The third-order valence-electron chi connectivity index (χ3n) is 6.43. The number of carbonyl (C=O) groups excluding carboxylic acids is 2. The van der Waals surface area contributed by atoms with Gasteiger partial charge in [-0.15, -0.1) is 0 Å². The Labute approximate surface area is 208 Å². The van der Waals surface area contributed by atoms with Crippen LogP contribution < -0.4 is 16.0 Å². The highest BCUT2D eigenvalue weighted by molar-refractivity contribution is 6.33. The van der Waals surface area contributed by atoms with E-state index in [4.69, 9.17) is 17.3 Å². The summed E-state index contributed by atoms with van der Waals surface area (Å²) in [6, 6.07) is 6.63. The number of carbonyl (C=O) groups is 2. The first-order chi connectivity index (χ1) is 15.6. The Hall–Kier alpha value is -1.71. The number of halogens is 1. The van der Waals surface area contributed by atoms with Crippen LogP contribution in [0.5, 0.6) is 0 Å². The molecule has 1 heterocycles. The Morgan fingerprint density at radius 3 is 2.47 bits per heavy atom. The van der Waals surface area contributed by atoms with Gasteiger partial charge in [-0.05, 0) is 52.2 Å². The van der Waals surface area contributed by atoms with Crippen molar-refractivity contribution in [3.63, 3.8) is 0 Å². The number of amides is 2. The highest BCUT2D eigenvalue weighted by Gasteiger charge is 2.40. The zero-order valence-electron chi connectivity index (χ0n) is 21.2. The number of aliphatic hydroxyl groups is 2. The summed E-state index contributed by atoms with van der Waals surface area (Å²) in [6.45, 7) is 12.2. The molecule has 0 aliphatic carbocycles. The van der Waals surface area contributed by atoms with Gasteiger partial charge in [0.15, 0.2) is 0 Å². The smallest absolute Gasteiger partial charge is 0.241 e. The van der Waals surface area contributed by atoms with Crippen LogP contribution in [0.15, 0.2) is 24.3 Å². The van der Waals surface area contributed by atoms with Crippen LogP contribution in [0.1, 0.15) is 48.0 Å². The van der Waals surface area contributed by atoms with Gasteiger partial charge in [0, 0.05) is 37.1 Å². The minimum absolute atomic E-state index is 0.0131. The molecule has 1 aliphatic rings. The van der Waals surface area contributed by atoms with Gasteiger partial charge in [-0.2, -0.15) is 0 Å². The number of nitrogens with two attached hydrogens (primary N) is 1. The number of rotatable bonds is 10. The van der Waals surface area contributed by atoms with E-state index in [1.165, 1.54) is 0 Å². The molecule has 1 aromatic rings. The highest BCUT2D eigenvalue weighted by Crippen LogP contribution is 2.31. The monoisotopic (exact) mass is 496 g/mol. The van der Waals surface area contributed by atoms with Gasteiger partial charge in [0.2, 0.25) is 11.8 Å². The van der Waals surface area contributed by atoms with Crippen LogP contribution in [-0.2, 0) is 9.59 Å². The second-order valence-corrected chi connectivity index (χ2v) is 11.4. The lowest BCUT2D eigenvalue weighted by Gasteiger charge is -2.47. The van der Waals surface area contributed by atoms with E-state index in [1.54, 1.807) is 24.8 Å². The molecular weight excluding hydrogens is 456 g/mol. The molecule has 192 valence electrons. The second-order valence-electron chi connectivity index (χ2n) is 11.0. The normalized spacial score (nSPS) is 19.7. The molecule has 0 aromatic heterocycles. The molecule has 0 saturated carbocycles. The van der Waals surface area contributed by atoms with E-state index in [9.17, 15) is 19.8 Å². The maximum Gasteiger partial charge on any atom is 0.241 e. The molecule has 0 unspecified atom stereocenters. The number of para-hydroxylation sites is 1. The second kappa shape index (κ2) is 11.4. The predicted octanol–water partition coefficient (Wildman–Crippen LogP) is 2.00. The Bertz CT molecular complexity index is 856. The van der Waals surface area contributed by atoms with E-state index in [2.05, 4.69) is 5.32 Å². The summed E-state index contributed by atoms with van der Waals surface area (Å²) >= 11 is 6.32. The van der Waals surface area contributed by atoms with Gasteiger partial charge >= 0.3 is 0 Å². The van der Waals surface area contributed by atoms with Crippen molar-refractivity contribution in [1.29, 1.82) is 0 Å². The van der Waals surface area contributed by atoms with E-state index in [0.717, 1.165) is 0 Å². The molecule has 9 heteroatoms. The molecule has 5 N–H and O–H groups in total. The minimum atomic E-state index is -1.02. The fraction of sp³-hybridized carbons (Fsp3) is 0.680. The van der Waals surface area contributed by atoms with Crippen molar-refractivity contribution in [2.45, 2.75) is 71.2 Å². The molecule has 34 heavy (non-hydrogen) atoms. The van der Waals surface area contributed by atoms with E-state index < -0.39 is 29.2 Å². The minimum Gasteiger partial charge on any atom is -0.391 e. The van der Waals surface area contributed by atoms with Crippen LogP contribution in [0.3, 0.4) is 0 Å². The third kappa shape index (κ3) is 7.65. The van der Waals surface area contributed by atoms with Crippen LogP contribution in [0, 0.1) is 11.8 Å². The van der Waals surface area contributed by atoms with Crippen molar-refractivity contribution < 1.29 is 19.8 Å². The van der Waals surface area contributed by atoms with E-state index >= 15 is 0 Å². The Balaban J connectivity index is 2.03. The van der Waals surface area contributed by atoms with Crippen molar-refractivity contribution in [2.24, 2.45) is 17.6 Å². The Kier molecular flexibility index (Phi) is 9.52. The molecular formula is C25H41ClN4O4. The first-order valence-corrected chi connectivity index (χ1v) is 12.2. The number of hydrogen-bond donors (Lipinski definition) is 4. The van der Waals surface area contributed by atoms with Crippen molar-refractivity contribution in [3.05, 3.63) is 29.3 Å². The molecule has 8 nitrogen and oxygen atoms in total. The van der Waals surface area contributed by atoms with Crippen molar-refractivity contribution in [2.75, 3.05) is 31.1 Å². The Morgan fingerprint density at radius 1 is 1.29 bits per heavy atom. The molecule has 2 rings (SSSR count). The topological polar surface area (TPSA) is 119 Å². The van der Waals surface area contributed by atoms with Gasteiger partial charge in [-0.3, -0.25) is 14.5 Å². The third-order valence-corrected chi connectivity index (χ3v) is 6.75. The van der Waals surface area contributed by atoms with Crippen LogP contribution in [0.4, 0.5) is 5.69 Å². The van der Waals surface area contributed by atoms with E-state index in [0.29, 0.717) is 23.8 Å². The molecule has 2 amide bonds. The van der Waals surface area contributed by atoms with Gasteiger partial charge in [-0.1, -0.05) is 37.6 Å². The number of hydrogen-bond acceptors (Lipinski definition) is 6. The number of nitrogens with zero attached hydrogens (tertiary/aromatic N) is 2. The zero-order valence-corrected chi connectivity index (χ0v) is 22.0. The quantitative estimate of drug-likeness (QED) is 0.393. The summed E-state index contributed by atoms with van der Waals surface area (Å²) in [5, 5.41) is 24.0. The predicted molar refractivity (Wildman–Crippen MR) is 136 cm³/mol. The molecule has 0 spiro atoms. The van der Waals surface area contributed by atoms with Crippen LogP contribution in [0.2, 0.25) is 5.02 Å². The van der Waals surface area contributed by atoms with Crippen LogP contribution in [0.25, 0.3) is 0 Å². The Morgan fingerprint density at radius 2 is 1.91 bits per heavy atom. The summed E-state index contributed by atoms with van der Waals surface area (Å²) in [7, 11) is 0. The largest absolute Gasteiger partial charge is 0.391 e. The molecule has 1 aliphatic heterocycles. The van der Waals surface area contributed by atoms with Crippen LogP contribution in [-0.4, -0.2) is 76.4 Å². The maximum absolute atomic E-state index is 13.0. The summed E-state index contributed by atoms with van der Waals surface area (Å²) in [4.78, 5) is 29.3. The average Bonchev–Trinajstić information content (AvgIpc) is 2.72. The molecule has 1 saturated heterocycles. The first-order valence-electron chi connectivity index (χ1n) is 11.9. The number of anilines is 1. The number of nitrogens with one attached hydrogen (secondary N) is 1. The SMILES string of the molecule is CC(C)[C@H](C[C@H](O)[C@@H](N)CN1CC(=O)N(c2ccccc2Cl)CC1(C)C)C(=O)NCC(C)(C)O. The molecule has 1 aromatic carbocycles. The van der Waals surface area contributed by atoms with Gasteiger partial charge in [-0.25, -0.2) is 0 Å². The van der Waals surface area contributed by atoms with E-state index in [1.807, 2.05) is 50.8 Å². The molecule has 0 bridgehead atoms. The summed E-state index contributed by atoms with van der Waals surface area (Å²) < 4.78 is 0. The molecule has 0 radical (unpaired) electrons. The highest BCUT2D eigenvalue weighted by atomic mass is 35.5. The van der Waals surface area contributed by atoms with Gasteiger partial charge in [0.25, 0.3) is 0 Å². The lowest BCUT2D eigenvalue weighted by atomic mass is 9.86. The summed E-state index contributed by atoms with van der Waals surface area (Å²) in [5.74, 6) is -0.761. The standard InChI is InChI=1S/C25H41ClN4O4/c1-16(2)17(23(33)28-14-25(5,6)34)11-21(31)19(27)12-29-13-22(32)30(15-24(29,3)4)20-10-8-7-9-18(20)26/h7-10,16-17,19,21,31,34H,11-15,27H2,1-6H3,(H,28,33)/t17-,19-,21-/m0/s1. The fourth-order valence-electron chi connectivity index (χ4n) is 4.17. The van der Waals surface area contributed by atoms with Crippen molar-refractivity contribution in [1.82, 2.24) is 10.2 Å². The van der Waals surface area contributed by atoms with E-state index in [-0.39, 0.29) is 37.2 Å². The van der Waals surface area contributed by atoms with Gasteiger partial charge in [0.1, 0.15) is 0 Å². The summed E-state index contributed by atoms with van der Waals surface area (Å²) in [5.41, 5.74) is 5.64. The number of aliphatic hydroxyl groups excluding tert-OH is 1. The average molecular weight is 497 g/mol. The lowest BCUT2D eigenvalue weighted by Crippen LogP contribution is -2.64. The first kappa shape index (κ1) is 28.5. The van der Waals surface area contributed by atoms with Crippen molar-refractivity contribution >= 4 is 29.1 Å². The number of piperazine rings is 1. The lowest BCUT2D eigenvalue weighted by molar-refractivity contribution is -0.128. The molecule has 3 atom stereocenters. The maximum atomic E-state index is 13.0. The molecule has 1 fully saturated rings. The zero-order chi connectivity index (χ0) is 25.8. The van der Waals surface area contributed by atoms with Gasteiger partial charge in [0.05, 0.1) is 29.0 Å². The van der Waals surface area contributed by atoms with Crippen LogP contribution >= 0.6 is 11.6 Å². The number of benzene rings is 1. The fourth-order valence-corrected chi connectivity index (χ4v) is 4.40.